The van der Waals surface area contributed by atoms with E-state index in [0.29, 0.717) is 0 Å². The SMILES string of the molecule is Cc1nc(CC2(N)CCCC(C3CC3)C2)sc1C. The van der Waals surface area contributed by atoms with Gasteiger partial charge in [-0.2, -0.15) is 0 Å². The summed E-state index contributed by atoms with van der Waals surface area (Å²) in [5.74, 6) is 1.92. The predicted octanol–water partition coefficient (Wildman–Crippen LogP) is 3.60. The standard InChI is InChI=1S/C15H24N2S/c1-10-11(2)18-14(17-10)9-15(16)7-3-4-13(8-15)12-5-6-12/h12-13H,3-9,16H2,1-2H3. The summed E-state index contributed by atoms with van der Waals surface area (Å²) in [6.07, 6.45) is 9.06. The zero-order chi connectivity index (χ0) is 12.8. The first-order valence-corrected chi connectivity index (χ1v) is 8.09. The second-order valence-corrected chi connectivity index (χ2v) is 7.77. The van der Waals surface area contributed by atoms with Crippen molar-refractivity contribution < 1.29 is 0 Å². The molecule has 2 N–H and O–H groups in total. The highest BCUT2D eigenvalue weighted by Crippen LogP contribution is 2.46. The van der Waals surface area contributed by atoms with Crippen molar-refractivity contribution in [2.24, 2.45) is 17.6 Å². The van der Waals surface area contributed by atoms with E-state index >= 15 is 0 Å². The Morgan fingerprint density at radius 3 is 2.67 bits per heavy atom. The summed E-state index contributed by atoms with van der Waals surface area (Å²) in [5.41, 5.74) is 7.89. The molecule has 0 bridgehead atoms. The van der Waals surface area contributed by atoms with Crippen molar-refractivity contribution in [1.29, 1.82) is 0 Å². The maximum atomic E-state index is 6.67. The molecule has 0 saturated heterocycles. The summed E-state index contributed by atoms with van der Waals surface area (Å²) in [5, 5.41) is 1.25. The summed E-state index contributed by atoms with van der Waals surface area (Å²) in [4.78, 5) is 6.02. The van der Waals surface area contributed by atoms with Gasteiger partial charge in [0.15, 0.2) is 0 Å². The molecule has 18 heavy (non-hydrogen) atoms. The van der Waals surface area contributed by atoms with Gasteiger partial charge in [-0.1, -0.05) is 12.8 Å². The molecule has 1 aromatic rings. The summed E-state index contributed by atoms with van der Waals surface area (Å²) >= 11 is 1.84. The molecule has 2 fully saturated rings. The second-order valence-electron chi connectivity index (χ2n) is 6.48. The van der Waals surface area contributed by atoms with Crippen LogP contribution in [-0.2, 0) is 6.42 Å². The molecule has 3 rings (SSSR count). The first kappa shape index (κ1) is 12.6. The number of hydrogen-bond donors (Lipinski definition) is 1. The molecule has 0 aliphatic heterocycles. The summed E-state index contributed by atoms with van der Waals surface area (Å²) < 4.78 is 0. The van der Waals surface area contributed by atoms with Crippen molar-refractivity contribution in [3.05, 3.63) is 15.6 Å². The summed E-state index contributed by atoms with van der Waals surface area (Å²) in [6, 6.07) is 0. The molecule has 2 aliphatic carbocycles. The zero-order valence-electron chi connectivity index (χ0n) is 11.5. The van der Waals surface area contributed by atoms with Crippen molar-refractivity contribution in [1.82, 2.24) is 4.98 Å². The Morgan fingerprint density at radius 2 is 2.06 bits per heavy atom. The van der Waals surface area contributed by atoms with E-state index in [4.69, 9.17) is 5.73 Å². The van der Waals surface area contributed by atoms with Crippen molar-refractivity contribution in [3.63, 3.8) is 0 Å². The Balaban J connectivity index is 1.69. The van der Waals surface area contributed by atoms with E-state index in [-0.39, 0.29) is 5.54 Å². The summed E-state index contributed by atoms with van der Waals surface area (Å²) in [7, 11) is 0. The van der Waals surface area contributed by atoms with Gasteiger partial charge in [-0.15, -0.1) is 11.3 Å². The van der Waals surface area contributed by atoms with Gasteiger partial charge in [0.05, 0.1) is 10.7 Å². The quantitative estimate of drug-likeness (QED) is 0.906. The highest BCUT2D eigenvalue weighted by Gasteiger charge is 2.40. The third-order valence-electron chi connectivity index (χ3n) is 4.78. The monoisotopic (exact) mass is 264 g/mol. The number of nitrogens with two attached hydrogens (primary N) is 1. The van der Waals surface area contributed by atoms with Crippen LogP contribution >= 0.6 is 11.3 Å². The molecule has 2 saturated carbocycles. The van der Waals surface area contributed by atoms with E-state index in [1.165, 1.54) is 54.1 Å². The van der Waals surface area contributed by atoms with Gasteiger partial charge in [-0.25, -0.2) is 4.98 Å². The minimum absolute atomic E-state index is 0.0300. The normalized spacial score (nSPS) is 32.7. The van der Waals surface area contributed by atoms with E-state index in [2.05, 4.69) is 18.8 Å². The van der Waals surface area contributed by atoms with Crippen LogP contribution in [0.3, 0.4) is 0 Å². The van der Waals surface area contributed by atoms with E-state index < -0.39 is 0 Å². The van der Waals surface area contributed by atoms with Crippen LogP contribution in [0.2, 0.25) is 0 Å². The topological polar surface area (TPSA) is 38.9 Å². The fourth-order valence-corrected chi connectivity index (χ4v) is 4.58. The highest BCUT2D eigenvalue weighted by molar-refractivity contribution is 7.11. The van der Waals surface area contributed by atoms with Gasteiger partial charge in [0.1, 0.15) is 0 Å². The van der Waals surface area contributed by atoms with Crippen LogP contribution in [0.1, 0.15) is 54.1 Å². The van der Waals surface area contributed by atoms with Gasteiger partial charge in [0, 0.05) is 16.8 Å². The lowest BCUT2D eigenvalue weighted by molar-refractivity contribution is 0.204. The minimum Gasteiger partial charge on any atom is -0.325 e. The molecule has 0 spiro atoms. The Bertz CT molecular complexity index is 416. The van der Waals surface area contributed by atoms with Gasteiger partial charge < -0.3 is 5.73 Å². The van der Waals surface area contributed by atoms with Crippen LogP contribution < -0.4 is 5.73 Å². The second kappa shape index (κ2) is 4.61. The van der Waals surface area contributed by atoms with E-state index in [9.17, 15) is 0 Å². The maximum absolute atomic E-state index is 6.67. The smallest absolute Gasteiger partial charge is 0.0949 e. The molecule has 0 amide bonds. The molecular formula is C15H24N2S. The van der Waals surface area contributed by atoms with Gasteiger partial charge in [-0.05, 0) is 51.4 Å². The third-order valence-corrected chi connectivity index (χ3v) is 5.86. The Labute approximate surface area is 114 Å². The van der Waals surface area contributed by atoms with Crippen LogP contribution in [0.5, 0.6) is 0 Å². The van der Waals surface area contributed by atoms with Gasteiger partial charge >= 0.3 is 0 Å². The van der Waals surface area contributed by atoms with Crippen molar-refractivity contribution >= 4 is 11.3 Å². The molecule has 0 aromatic carbocycles. The third kappa shape index (κ3) is 2.62. The maximum Gasteiger partial charge on any atom is 0.0949 e. The van der Waals surface area contributed by atoms with Crippen LogP contribution in [0.15, 0.2) is 0 Å². The van der Waals surface area contributed by atoms with E-state index in [1.807, 2.05) is 11.3 Å². The molecule has 1 heterocycles. The van der Waals surface area contributed by atoms with Crippen LogP contribution in [-0.4, -0.2) is 10.5 Å². The van der Waals surface area contributed by atoms with Crippen molar-refractivity contribution in [3.8, 4) is 0 Å². The lowest BCUT2D eigenvalue weighted by Crippen LogP contribution is -2.46. The van der Waals surface area contributed by atoms with Crippen LogP contribution in [0.25, 0.3) is 0 Å². The largest absolute Gasteiger partial charge is 0.325 e. The molecule has 1 aromatic heterocycles. The fraction of sp³-hybridized carbons (Fsp3) is 0.800. The van der Waals surface area contributed by atoms with E-state index in [1.54, 1.807) is 0 Å². The number of hydrogen-bond acceptors (Lipinski definition) is 3. The van der Waals surface area contributed by atoms with Gasteiger partial charge in [0.25, 0.3) is 0 Å². The van der Waals surface area contributed by atoms with Crippen molar-refractivity contribution in [2.75, 3.05) is 0 Å². The van der Waals surface area contributed by atoms with Crippen molar-refractivity contribution in [2.45, 2.75) is 64.3 Å². The molecular weight excluding hydrogens is 240 g/mol. The molecule has 3 heteroatoms. The van der Waals surface area contributed by atoms with Crippen LogP contribution in [0, 0.1) is 25.7 Å². The molecule has 2 atom stereocenters. The van der Waals surface area contributed by atoms with Gasteiger partial charge in [0.2, 0.25) is 0 Å². The molecule has 2 nitrogen and oxygen atoms in total. The molecule has 100 valence electrons. The number of aromatic nitrogens is 1. The molecule has 2 aliphatic rings. The minimum atomic E-state index is 0.0300. The Kier molecular flexibility index (Phi) is 3.23. The number of rotatable bonds is 3. The average Bonchev–Trinajstić information content (AvgIpc) is 3.07. The Morgan fingerprint density at radius 1 is 1.28 bits per heavy atom. The lowest BCUT2D eigenvalue weighted by Gasteiger charge is -2.38. The average molecular weight is 264 g/mol. The number of aryl methyl sites for hydroxylation is 2. The highest BCUT2D eigenvalue weighted by atomic mass is 32.1. The van der Waals surface area contributed by atoms with Gasteiger partial charge in [-0.3, -0.25) is 0 Å². The lowest BCUT2D eigenvalue weighted by atomic mass is 9.73. The number of thiazole rings is 1. The molecule has 2 unspecified atom stereocenters. The first-order chi connectivity index (χ1) is 8.56. The first-order valence-electron chi connectivity index (χ1n) is 7.27. The van der Waals surface area contributed by atoms with E-state index in [0.717, 1.165) is 18.3 Å². The number of nitrogens with zero attached hydrogens (tertiary/aromatic N) is 1. The molecule has 0 radical (unpaired) electrons. The predicted molar refractivity (Wildman–Crippen MR) is 76.9 cm³/mol. The van der Waals surface area contributed by atoms with Crippen LogP contribution in [0.4, 0.5) is 0 Å². The Hall–Kier alpha value is -0.410. The summed E-state index contributed by atoms with van der Waals surface area (Å²) in [6.45, 7) is 4.26. The zero-order valence-corrected chi connectivity index (χ0v) is 12.4. The fourth-order valence-electron chi connectivity index (χ4n) is 3.49.